The van der Waals surface area contributed by atoms with E-state index in [-0.39, 0.29) is 11.8 Å². The van der Waals surface area contributed by atoms with E-state index in [1.165, 1.54) is 11.2 Å². The third-order valence-corrected chi connectivity index (χ3v) is 5.69. The molecule has 4 nitrogen and oxygen atoms in total. The van der Waals surface area contributed by atoms with Crippen LogP contribution in [0.2, 0.25) is 0 Å². The maximum atomic E-state index is 12.7. The molecule has 0 aromatic heterocycles. The molecule has 1 heterocycles. The fourth-order valence-corrected chi connectivity index (χ4v) is 4.36. The molecule has 20 heavy (non-hydrogen) atoms. The number of aryl methyl sites for hydroxylation is 1. The zero-order valence-corrected chi connectivity index (χ0v) is 12.8. The van der Waals surface area contributed by atoms with Crippen molar-refractivity contribution >= 4 is 15.8 Å². The summed E-state index contributed by atoms with van der Waals surface area (Å²) in [5.41, 5.74) is 1.03. The van der Waals surface area contributed by atoms with Gasteiger partial charge < -0.3 is 0 Å². The van der Waals surface area contributed by atoms with Crippen LogP contribution < -0.4 is 0 Å². The van der Waals surface area contributed by atoms with E-state index < -0.39 is 10.0 Å². The van der Waals surface area contributed by atoms with E-state index in [0.29, 0.717) is 17.9 Å². The summed E-state index contributed by atoms with van der Waals surface area (Å²) in [6, 6.07) is 6.70. The summed E-state index contributed by atoms with van der Waals surface area (Å²) >= 11 is 0. The average molecular weight is 295 g/mol. The van der Waals surface area contributed by atoms with E-state index in [2.05, 4.69) is 0 Å². The Bertz CT molecular complexity index is 578. The molecule has 110 valence electrons. The summed E-state index contributed by atoms with van der Waals surface area (Å²) in [6.07, 6.45) is 2.92. The van der Waals surface area contributed by atoms with E-state index >= 15 is 0 Å². The van der Waals surface area contributed by atoms with Crippen LogP contribution in [-0.2, 0) is 14.8 Å². The van der Waals surface area contributed by atoms with Gasteiger partial charge in [0.1, 0.15) is 5.78 Å². The highest BCUT2D eigenvalue weighted by molar-refractivity contribution is 7.89. The standard InChI is InChI=1S/C15H21NO3S/c1-12-6-8-15(9-7-12)20(18,19)16-10-4-3-5-14(16)11-13(2)17/h6-9,14H,3-5,10-11H2,1-2H3. The fraction of sp³-hybridized carbons (Fsp3) is 0.533. The molecule has 1 aliphatic rings. The van der Waals surface area contributed by atoms with Gasteiger partial charge in [-0.2, -0.15) is 4.31 Å². The van der Waals surface area contributed by atoms with Crippen LogP contribution in [0.1, 0.15) is 38.2 Å². The second-order valence-electron chi connectivity index (χ2n) is 5.48. The molecule has 1 fully saturated rings. The number of carbonyl (C=O) groups excluding carboxylic acids is 1. The number of ketones is 1. The SMILES string of the molecule is CC(=O)CC1CCCCN1S(=O)(=O)c1ccc(C)cc1. The van der Waals surface area contributed by atoms with Crippen LogP contribution in [0.15, 0.2) is 29.2 Å². The fourth-order valence-electron chi connectivity index (χ4n) is 2.67. The van der Waals surface area contributed by atoms with Crippen molar-refractivity contribution in [2.24, 2.45) is 0 Å². The molecule has 1 aliphatic heterocycles. The van der Waals surface area contributed by atoms with Crippen LogP contribution in [0.25, 0.3) is 0 Å². The maximum Gasteiger partial charge on any atom is 0.243 e. The second-order valence-corrected chi connectivity index (χ2v) is 7.38. The van der Waals surface area contributed by atoms with Gasteiger partial charge in [-0.25, -0.2) is 8.42 Å². The van der Waals surface area contributed by atoms with Crippen molar-refractivity contribution in [1.29, 1.82) is 0 Å². The summed E-state index contributed by atoms with van der Waals surface area (Å²) < 4.78 is 26.9. The molecule has 1 aromatic carbocycles. The van der Waals surface area contributed by atoms with Crippen LogP contribution in [0.3, 0.4) is 0 Å². The third-order valence-electron chi connectivity index (χ3n) is 3.72. The molecule has 0 aliphatic carbocycles. The minimum atomic E-state index is -3.49. The van der Waals surface area contributed by atoms with Crippen molar-refractivity contribution in [2.75, 3.05) is 6.54 Å². The number of piperidine rings is 1. The predicted molar refractivity (Wildman–Crippen MR) is 78.0 cm³/mol. The van der Waals surface area contributed by atoms with Gasteiger partial charge in [0.2, 0.25) is 10.0 Å². The van der Waals surface area contributed by atoms with Crippen molar-refractivity contribution in [3.8, 4) is 0 Å². The van der Waals surface area contributed by atoms with Gasteiger partial charge in [-0.05, 0) is 38.8 Å². The molecule has 0 saturated carbocycles. The topological polar surface area (TPSA) is 54.5 Å². The zero-order chi connectivity index (χ0) is 14.8. The molecule has 0 bridgehead atoms. The lowest BCUT2D eigenvalue weighted by molar-refractivity contribution is -0.118. The number of nitrogens with zero attached hydrogens (tertiary/aromatic N) is 1. The van der Waals surface area contributed by atoms with Crippen LogP contribution in [0.4, 0.5) is 0 Å². The largest absolute Gasteiger partial charge is 0.300 e. The van der Waals surface area contributed by atoms with Gasteiger partial charge in [-0.15, -0.1) is 0 Å². The summed E-state index contributed by atoms with van der Waals surface area (Å²) in [6.45, 7) is 3.95. The molecule has 0 N–H and O–H groups in total. The van der Waals surface area contributed by atoms with Gasteiger partial charge >= 0.3 is 0 Å². The first kappa shape index (κ1) is 15.2. The Morgan fingerprint density at radius 2 is 1.90 bits per heavy atom. The molecule has 5 heteroatoms. The van der Waals surface area contributed by atoms with E-state index in [9.17, 15) is 13.2 Å². The number of rotatable bonds is 4. The second kappa shape index (κ2) is 6.06. The molecule has 1 unspecified atom stereocenters. The Morgan fingerprint density at radius 3 is 2.50 bits per heavy atom. The average Bonchev–Trinajstić information content (AvgIpc) is 2.39. The van der Waals surface area contributed by atoms with Crippen molar-refractivity contribution in [3.63, 3.8) is 0 Å². The quantitative estimate of drug-likeness (QED) is 0.857. The van der Waals surface area contributed by atoms with Gasteiger partial charge in [0, 0.05) is 19.0 Å². The molecule has 2 rings (SSSR count). The molecule has 0 spiro atoms. The number of sulfonamides is 1. The summed E-state index contributed by atoms with van der Waals surface area (Å²) in [5.74, 6) is 0.0426. The lowest BCUT2D eigenvalue weighted by atomic mass is 10.0. The Labute approximate surface area is 120 Å². The van der Waals surface area contributed by atoms with Gasteiger partial charge in [0.15, 0.2) is 0 Å². The Hall–Kier alpha value is -1.20. The molecule has 1 saturated heterocycles. The lowest BCUT2D eigenvalue weighted by Gasteiger charge is -2.34. The van der Waals surface area contributed by atoms with Crippen LogP contribution >= 0.6 is 0 Å². The van der Waals surface area contributed by atoms with Gasteiger partial charge in [0.05, 0.1) is 4.90 Å². The normalized spacial score (nSPS) is 20.8. The summed E-state index contributed by atoms with van der Waals surface area (Å²) in [5, 5.41) is 0. The van der Waals surface area contributed by atoms with E-state index in [1.807, 2.05) is 6.92 Å². The molecule has 1 atom stereocenters. The van der Waals surface area contributed by atoms with E-state index in [4.69, 9.17) is 0 Å². The predicted octanol–water partition coefficient (Wildman–Crippen LogP) is 2.52. The number of hydrogen-bond acceptors (Lipinski definition) is 3. The first-order valence-electron chi connectivity index (χ1n) is 6.99. The van der Waals surface area contributed by atoms with E-state index in [1.54, 1.807) is 24.3 Å². The Kier molecular flexibility index (Phi) is 4.60. The Balaban J connectivity index is 2.30. The molecule has 1 aromatic rings. The maximum absolute atomic E-state index is 12.7. The molecular formula is C15H21NO3S. The molecular weight excluding hydrogens is 274 g/mol. The number of Topliss-reactive ketones (excluding diaryl/α,β-unsaturated/α-hetero) is 1. The highest BCUT2D eigenvalue weighted by Crippen LogP contribution is 2.27. The van der Waals surface area contributed by atoms with Crippen LogP contribution in [-0.4, -0.2) is 31.1 Å². The number of benzene rings is 1. The van der Waals surface area contributed by atoms with Gasteiger partial charge in [-0.1, -0.05) is 24.1 Å². The first-order chi connectivity index (χ1) is 9.41. The molecule has 0 amide bonds. The van der Waals surface area contributed by atoms with Crippen molar-refractivity contribution in [3.05, 3.63) is 29.8 Å². The summed E-state index contributed by atoms with van der Waals surface area (Å²) in [7, 11) is -3.49. The first-order valence-corrected chi connectivity index (χ1v) is 8.43. The van der Waals surface area contributed by atoms with Crippen molar-refractivity contribution < 1.29 is 13.2 Å². The third kappa shape index (κ3) is 3.27. The minimum Gasteiger partial charge on any atom is -0.300 e. The highest BCUT2D eigenvalue weighted by atomic mass is 32.2. The zero-order valence-electron chi connectivity index (χ0n) is 12.0. The minimum absolute atomic E-state index is 0.0426. The molecule has 0 radical (unpaired) electrons. The van der Waals surface area contributed by atoms with Gasteiger partial charge in [0.25, 0.3) is 0 Å². The smallest absolute Gasteiger partial charge is 0.243 e. The summed E-state index contributed by atoms with van der Waals surface area (Å²) in [4.78, 5) is 11.7. The number of carbonyl (C=O) groups is 1. The lowest BCUT2D eigenvalue weighted by Crippen LogP contribution is -2.44. The van der Waals surface area contributed by atoms with Crippen molar-refractivity contribution in [2.45, 2.75) is 50.5 Å². The monoisotopic (exact) mass is 295 g/mol. The van der Waals surface area contributed by atoms with E-state index in [0.717, 1.165) is 24.8 Å². The van der Waals surface area contributed by atoms with Gasteiger partial charge in [-0.3, -0.25) is 4.79 Å². The highest BCUT2D eigenvalue weighted by Gasteiger charge is 2.33. The number of hydrogen-bond donors (Lipinski definition) is 0. The van der Waals surface area contributed by atoms with Crippen LogP contribution in [0.5, 0.6) is 0 Å². The van der Waals surface area contributed by atoms with Crippen molar-refractivity contribution in [1.82, 2.24) is 4.31 Å². The Morgan fingerprint density at radius 1 is 1.25 bits per heavy atom. The van der Waals surface area contributed by atoms with Crippen LogP contribution in [0, 0.1) is 6.92 Å².